The van der Waals surface area contributed by atoms with Crippen LogP contribution in [0.3, 0.4) is 0 Å². The molecule has 1 N–H and O–H groups in total. The Balaban J connectivity index is 1.93. The highest BCUT2D eigenvalue weighted by Gasteiger charge is 2.32. The second kappa shape index (κ2) is 9.51. The monoisotopic (exact) mass is 370 g/mol. The van der Waals surface area contributed by atoms with Crippen molar-refractivity contribution >= 4 is 11.8 Å². The third kappa shape index (κ3) is 5.30. The molecule has 0 fully saturated rings. The number of carbonyl (C=O) groups is 2. The third-order valence-corrected chi connectivity index (χ3v) is 4.99. The van der Waals surface area contributed by atoms with Crippen LogP contribution in [0.5, 0.6) is 0 Å². The van der Waals surface area contributed by atoms with Crippen molar-refractivity contribution in [1.29, 1.82) is 0 Å². The van der Waals surface area contributed by atoms with Crippen molar-refractivity contribution < 1.29 is 14.3 Å². The van der Waals surface area contributed by atoms with Crippen LogP contribution in [0.15, 0.2) is 52.9 Å². The van der Waals surface area contributed by atoms with E-state index in [0.29, 0.717) is 17.6 Å². The highest BCUT2D eigenvalue weighted by Crippen LogP contribution is 2.31. The van der Waals surface area contributed by atoms with E-state index in [0.717, 1.165) is 30.9 Å². The minimum absolute atomic E-state index is 0.0921. The van der Waals surface area contributed by atoms with Gasteiger partial charge >= 0.3 is 5.97 Å². The Hall–Kier alpha value is -2.40. The highest BCUT2D eigenvalue weighted by atomic mass is 16.5. The summed E-state index contributed by atoms with van der Waals surface area (Å²) in [5, 5.41) is 3.16. The van der Waals surface area contributed by atoms with Gasteiger partial charge in [-0.3, -0.25) is 4.79 Å². The van der Waals surface area contributed by atoms with Crippen LogP contribution in [0.25, 0.3) is 0 Å². The van der Waals surface area contributed by atoms with E-state index in [1.54, 1.807) is 0 Å². The van der Waals surface area contributed by atoms with Gasteiger partial charge in [-0.2, -0.15) is 0 Å². The molecule has 0 radical (unpaired) electrons. The Bertz CT molecular complexity index is 750. The smallest absolute Gasteiger partial charge is 0.336 e. The summed E-state index contributed by atoms with van der Waals surface area (Å²) in [6.45, 7) is 7.33. The molecule has 0 amide bonds. The number of dihydropyridines is 1. The fraction of sp³-hybridized carbons (Fsp3) is 0.455. The number of methoxy groups -OCH3 is 1. The summed E-state index contributed by atoms with van der Waals surface area (Å²) in [6.07, 6.45) is 1.24. The van der Waals surface area contributed by atoms with Crippen molar-refractivity contribution in [2.24, 2.45) is 5.92 Å². The third-order valence-electron chi connectivity index (χ3n) is 4.99. The van der Waals surface area contributed by atoms with Gasteiger partial charge in [0.25, 0.3) is 0 Å². The summed E-state index contributed by atoms with van der Waals surface area (Å²) >= 11 is 0. The molecule has 1 atom stereocenters. The SMILES string of the molecule is COC(=O)C1=C(C)NC(C)=C(C(=O)CCCN(C)Cc2ccccc2)C1C. The molecule has 5 nitrogen and oxygen atoms in total. The Kier molecular flexibility index (Phi) is 7.36. The minimum atomic E-state index is -0.382. The van der Waals surface area contributed by atoms with E-state index in [9.17, 15) is 9.59 Å². The number of hydrogen-bond donors (Lipinski definition) is 1. The van der Waals surface area contributed by atoms with Crippen molar-refractivity contribution in [3.05, 3.63) is 58.4 Å². The van der Waals surface area contributed by atoms with Crippen molar-refractivity contribution in [2.75, 3.05) is 20.7 Å². The number of nitrogens with zero attached hydrogens (tertiary/aromatic N) is 1. The predicted molar refractivity (Wildman–Crippen MR) is 107 cm³/mol. The van der Waals surface area contributed by atoms with E-state index in [-0.39, 0.29) is 17.7 Å². The van der Waals surface area contributed by atoms with E-state index < -0.39 is 0 Å². The maximum atomic E-state index is 12.8. The first-order chi connectivity index (χ1) is 12.8. The van der Waals surface area contributed by atoms with Gasteiger partial charge in [-0.05, 0) is 39.4 Å². The van der Waals surface area contributed by atoms with Gasteiger partial charge in [0.2, 0.25) is 0 Å². The number of allylic oxidation sites excluding steroid dienone is 3. The molecule has 0 aromatic heterocycles. The van der Waals surface area contributed by atoms with Gasteiger partial charge in [0.1, 0.15) is 0 Å². The minimum Gasteiger partial charge on any atom is -0.466 e. The molecule has 1 unspecified atom stereocenters. The average molecular weight is 370 g/mol. The maximum absolute atomic E-state index is 12.8. The molecular formula is C22H30N2O3. The van der Waals surface area contributed by atoms with Crippen LogP contribution >= 0.6 is 0 Å². The summed E-state index contributed by atoms with van der Waals surface area (Å²) in [5.74, 6) is -0.546. The molecule has 1 aliphatic heterocycles. The van der Waals surface area contributed by atoms with E-state index in [1.807, 2.05) is 39.0 Å². The van der Waals surface area contributed by atoms with Gasteiger partial charge < -0.3 is 15.0 Å². The lowest BCUT2D eigenvalue weighted by Gasteiger charge is -2.28. The van der Waals surface area contributed by atoms with Crippen LogP contribution in [0, 0.1) is 5.92 Å². The second-order valence-corrected chi connectivity index (χ2v) is 7.17. The molecule has 0 saturated heterocycles. The van der Waals surface area contributed by atoms with Gasteiger partial charge in [0.05, 0.1) is 12.7 Å². The largest absolute Gasteiger partial charge is 0.466 e. The number of rotatable bonds is 8. The van der Waals surface area contributed by atoms with Crippen molar-refractivity contribution in [1.82, 2.24) is 10.2 Å². The van der Waals surface area contributed by atoms with Gasteiger partial charge in [-0.25, -0.2) is 4.79 Å². The number of hydrogen-bond acceptors (Lipinski definition) is 5. The summed E-state index contributed by atoms with van der Waals surface area (Å²) < 4.78 is 4.89. The van der Waals surface area contributed by atoms with Gasteiger partial charge in [0, 0.05) is 35.9 Å². The fourth-order valence-corrected chi connectivity index (χ4v) is 3.72. The number of carbonyl (C=O) groups excluding carboxylic acids is 2. The molecule has 0 bridgehead atoms. The van der Waals surface area contributed by atoms with Gasteiger partial charge in [0.15, 0.2) is 5.78 Å². The zero-order valence-corrected chi connectivity index (χ0v) is 17.0. The Labute approximate surface area is 162 Å². The lowest BCUT2D eigenvalue weighted by atomic mass is 9.84. The molecule has 27 heavy (non-hydrogen) atoms. The van der Waals surface area contributed by atoms with Crippen LogP contribution in [0.2, 0.25) is 0 Å². The topological polar surface area (TPSA) is 58.6 Å². The van der Waals surface area contributed by atoms with E-state index in [1.165, 1.54) is 12.7 Å². The molecule has 2 rings (SSSR count). The predicted octanol–water partition coefficient (Wildman–Crippen LogP) is 3.43. The van der Waals surface area contributed by atoms with E-state index in [2.05, 4.69) is 29.4 Å². The molecule has 1 aromatic rings. The molecule has 1 heterocycles. The first kappa shape index (κ1) is 20.9. The first-order valence-electron chi connectivity index (χ1n) is 9.37. The lowest BCUT2D eigenvalue weighted by molar-refractivity contribution is -0.136. The van der Waals surface area contributed by atoms with Crippen molar-refractivity contribution in [2.45, 2.75) is 40.2 Å². The summed E-state index contributed by atoms with van der Waals surface area (Å²) in [7, 11) is 3.43. The molecule has 146 valence electrons. The van der Waals surface area contributed by atoms with E-state index >= 15 is 0 Å². The van der Waals surface area contributed by atoms with Crippen LogP contribution in [0.1, 0.15) is 39.2 Å². The number of ketones is 1. The van der Waals surface area contributed by atoms with E-state index in [4.69, 9.17) is 4.74 Å². The van der Waals surface area contributed by atoms with Crippen LogP contribution in [-0.2, 0) is 20.9 Å². The normalized spacial score (nSPS) is 17.2. The quantitative estimate of drug-likeness (QED) is 0.711. The molecule has 5 heteroatoms. The molecular weight excluding hydrogens is 340 g/mol. The molecule has 0 saturated carbocycles. The lowest BCUT2D eigenvalue weighted by Crippen LogP contribution is -2.31. The van der Waals surface area contributed by atoms with Gasteiger partial charge in [-0.1, -0.05) is 37.3 Å². The van der Waals surface area contributed by atoms with Crippen molar-refractivity contribution in [3.8, 4) is 0 Å². The highest BCUT2D eigenvalue weighted by molar-refractivity contribution is 6.01. The molecule has 1 aromatic carbocycles. The first-order valence-corrected chi connectivity index (χ1v) is 9.37. The fourth-order valence-electron chi connectivity index (χ4n) is 3.72. The number of Topliss-reactive ketones (excluding diaryl/α,β-unsaturated/α-hetero) is 1. The average Bonchev–Trinajstić information content (AvgIpc) is 2.61. The maximum Gasteiger partial charge on any atom is 0.336 e. The number of benzene rings is 1. The Morgan fingerprint density at radius 1 is 1.11 bits per heavy atom. The van der Waals surface area contributed by atoms with Crippen LogP contribution in [-0.4, -0.2) is 37.4 Å². The molecule has 0 spiro atoms. The van der Waals surface area contributed by atoms with Gasteiger partial charge in [-0.15, -0.1) is 0 Å². The summed E-state index contributed by atoms with van der Waals surface area (Å²) in [6, 6.07) is 10.3. The Morgan fingerprint density at radius 3 is 2.37 bits per heavy atom. The van der Waals surface area contributed by atoms with Crippen molar-refractivity contribution in [3.63, 3.8) is 0 Å². The number of ether oxygens (including phenoxy) is 1. The molecule has 1 aliphatic rings. The van der Waals surface area contributed by atoms with Crippen LogP contribution < -0.4 is 5.32 Å². The Morgan fingerprint density at radius 2 is 1.74 bits per heavy atom. The number of esters is 1. The molecule has 0 aliphatic carbocycles. The zero-order chi connectivity index (χ0) is 20.0. The number of nitrogens with one attached hydrogen (secondary N) is 1. The summed E-state index contributed by atoms with van der Waals surface area (Å²) in [5.41, 5.74) is 4.07. The second-order valence-electron chi connectivity index (χ2n) is 7.17. The summed E-state index contributed by atoms with van der Waals surface area (Å²) in [4.78, 5) is 27.1. The zero-order valence-electron chi connectivity index (χ0n) is 17.0. The standard InChI is InChI=1S/C22H30N2O3/c1-15-20(16(2)23-17(3)21(15)22(26)27-5)19(25)12-9-13-24(4)14-18-10-7-6-8-11-18/h6-8,10-11,15,23H,9,12-14H2,1-5H3. The van der Waals surface area contributed by atoms with Crippen LogP contribution in [0.4, 0.5) is 0 Å².